The summed E-state index contributed by atoms with van der Waals surface area (Å²) in [6, 6.07) is 4.20. The summed E-state index contributed by atoms with van der Waals surface area (Å²) in [7, 11) is 0. The molecule has 1 amide bonds. The van der Waals surface area contributed by atoms with Gasteiger partial charge in [-0.25, -0.2) is 9.36 Å². The van der Waals surface area contributed by atoms with Crippen molar-refractivity contribution in [3.05, 3.63) is 45.1 Å². The van der Waals surface area contributed by atoms with Crippen LogP contribution >= 0.6 is 11.8 Å². The molecular weight excluding hydrogens is 382 g/mol. The molecule has 2 rings (SSSR count). The minimum Gasteiger partial charge on any atom is -0.548 e. The van der Waals surface area contributed by atoms with Gasteiger partial charge in [0.05, 0.1) is 22.9 Å². The maximum atomic E-state index is 12.9. The van der Waals surface area contributed by atoms with E-state index in [2.05, 4.69) is 10.3 Å². The highest BCUT2D eigenvalue weighted by atomic mass is 32.2. The van der Waals surface area contributed by atoms with Crippen LogP contribution in [0, 0.1) is 5.92 Å². The SMILES string of the molecule is CC[C@H](C)[C@@H](C(=O)N[C@@H](CCSC)C(=O)[O-])n1c(=O)[nH]c2ccccc2c1=O. The van der Waals surface area contributed by atoms with Crippen molar-refractivity contribution in [2.24, 2.45) is 5.92 Å². The minimum atomic E-state index is -1.40. The predicted molar refractivity (Wildman–Crippen MR) is 107 cm³/mol. The van der Waals surface area contributed by atoms with Gasteiger partial charge in [0, 0.05) is 0 Å². The lowest BCUT2D eigenvalue weighted by Crippen LogP contribution is -2.53. The molecule has 0 radical (unpaired) electrons. The van der Waals surface area contributed by atoms with Gasteiger partial charge in [-0.2, -0.15) is 11.8 Å². The summed E-state index contributed by atoms with van der Waals surface area (Å²) in [5.41, 5.74) is -0.920. The summed E-state index contributed by atoms with van der Waals surface area (Å²) in [5, 5.41) is 14.1. The van der Waals surface area contributed by atoms with Gasteiger partial charge in [-0.1, -0.05) is 32.4 Å². The fraction of sp³-hybridized carbons (Fsp3) is 0.474. The third kappa shape index (κ3) is 4.64. The number of carboxylic acids is 1. The molecule has 3 atom stereocenters. The lowest BCUT2D eigenvalue weighted by molar-refractivity contribution is -0.308. The van der Waals surface area contributed by atoms with Gasteiger partial charge in [0.25, 0.3) is 5.56 Å². The molecule has 2 aromatic rings. The van der Waals surface area contributed by atoms with Gasteiger partial charge < -0.3 is 20.2 Å². The number of benzene rings is 1. The first-order valence-electron chi connectivity index (χ1n) is 9.05. The molecule has 9 heteroatoms. The monoisotopic (exact) mass is 406 g/mol. The summed E-state index contributed by atoms with van der Waals surface area (Å²) in [6.07, 6.45) is 2.52. The third-order valence-corrected chi connectivity index (χ3v) is 5.42. The number of nitrogens with one attached hydrogen (secondary N) is 2. The number of aromatic nitrogens is 2. The Balaban J connectivity index is 2.51. The zero-order chi connectivity index (χ0) is 20.8. The van der Waals surface area contributed by atoms with Gasteiger partial charge in [-0.15, -0.1) is 0 Å². The highest BCUT2D eigenvalue weighted by Gasteiger charge is 2.31. The van der Waals surface area contributed by atoms with Crippen molar-refractivity contribution < 1.29 is 14.7 Å². The summed E-state index contributed by atoms with van der Waals surface area (Å²) in [5.74, 6) is -1.94. The molecule has 0 aliphatic carbocycles. The Hall–Kier alpha value is -2.55. The van der Waals surface area contributed by atoms with Crippen molar-refractivity contribution in [2.45, 2.75) is 38.8 Å². The number of nitrogens with zero attached hydrogens (tertiary/aromatic N) is 1. The van der Waals surface area contributed by atoms with Crippen LogP contribution in [0.3, 0.4) is 0 Å². The first-order chi connectivity index (χ1) is 13.3. The summed E-state index contributed by atoms with van der Waals surface area (Å²) < 4.78 is 0.882. The number of carbonyl (C=O) groups is 2. The van der Waals surface area contributed by atoms with E-state index in [1.54, 1.807) is 31.2 Å². The van der Waals surface area contributed by atoms with Gasteiger partial charge >= 0.3 is 5.69 Å². The van der Waals surface area contributed by atoms with Crippen molar-refractivity contribution in [1.82, 2.24) is 14.9 Å². The van der Waals surface area contributed by atoms with Crippen LogP contribution < -0.4 is 21.7 Å². The molecule has 2 N–H and O–H groups in total. The number of thioether (sulfide) groups is 1. The Morgan fingerprint density at radius 1 is 1.29 bits per heavy atom. The normalized spacial score (nSPS) is 14.4. The fourth-order valence-corrected chi connectivity index (χ4v) is 3.50. The average Bonchev–Trinajstić information content (AvgIpc) is 2.67. The smallest absolute Gasteiger partial charge is 0.329 e. The molecule has 0 aliphatic rings. The van der Waals surface area contributed by atoms with Crippen molar-refractivity contribution in [1.29, 1.82) is 0 Å². The van der Waals surface area contributed by atoms with Crippen LogP contribution in [0.1, 0.15) is 32.7 Å². The molecule has 152 valence electrons. The number of carboxylic acid groups (broad SMARTS) is 1. The average molecular weight is 406 g/mol. The van der Waals surface area contributed by atoms with Crippen LogP contribution in [-0.2, 0) is 9.59 Å². The summed E-state index contributed by atoms with van der Waals surface area (Å²) >= 11 is 1.44. The van der Waals surface area contributed by atoms with E-state index in [9.17, 15) is 24.3 Å². The van der Waals surface area contributed by atoms with E-state index < -0.39 is 35.2 Å². The summed E-state index contributed by atoms with van der Waals surface area (Å²) in [6.45, 7) is 3.57. The molecule has 1 heterocycles. The molecule has 0 saturated carbocycles. The van der Waals surface area contributed by atoms with Crippen LogP contribution in [0.25, 0.3) is 10.9 Å². The molecule has 0 fully saturated rings. The van der Waals surface area contributed by atoms with Crippen molar-refractivity contribution >= 4 is 34.5 Å². The van der Waals surface area contributed by atoms with Gasteiger partial charge in [-0.3, -0.25) is 9.59 Å². The molecule has 0 spiro atoms. The van der Waals surface area contributed by atoms with Gasteiger partial charge in [0.1, 0.15) is 6.04 Å². The topological polar surface area (TPSA) is 124 Å². The maximum Gasteiger partial charge on any atom is 0.329 e. The molecule has 0 bridgehead atoms. The highest BCUT2D eigenvalue weighted by Crippen LogP contribution is 2.20. The lowest BCUT2D eigenvalue weighted by Gasteiger charge is -2.27. The molecule has 28 heavy (non-hydrogen) atoms. The number of amides is 1. The second kappa shape index (κ2) is 9.59. The van der Waals surface area contributed by atoms with Gasteiger partial charge in [0.2, 0.25) is 5.91 Å². The quantitative estimate of drug-likeness (QED) is 0.616. The summed E-state index contributed by atoms with van der Waals surface area (Å²) in [4.78, 5) is 52.5. The van der Waals surface area contributed by atoms with Crippen molar-refractivity contribution in [2.75, 3.05) is 12.0 Å². The minimum absolute atomic E-state index is 0.186. The number of para-hydroxylation sites is 1. The van der Waals surface area contributed by atoms with Crippen LogP contribution in [0.2, 0.25) is 0 Å². The molecule has 1 aromatic heterocycles. The number of carbonyl (C=O) groups excluding carboxylic acids is 2. The van der Waals surface area contributed by atoms with Gasteiger partial charge in [0.15, 0.2) is 0 Å². The Bertz CT molecular complexity index is 968. The zero-order valence-electron chi connectivity index (χ0n) is 16.1. The number of aromatic amines is 1. The molecular formula is C19H24N3O5S-. The number of hydrogen-bond donors (Lipinski definition) is 2. The molecule has 0 saturated heterocycles. The number of rotatable bonds is 9. The first-order valence-corrected chi connectivity index (χ1v) is 10.4. The Kier molecular flexibility index (Phi) is 7.45. The van der Waals surface area contributed by atoms with E-state index in [1.807, 2.05) is 13.2 Å². The molecule has 0 aliphatic heterocycles. The van der Waals surface area contributed by atoms with E-state index >= 15 is 0 Å². The van der Waals surface area contributed by atoms with Crippen LogP contribution in [0.15, 0.2) is 33.9 Å². The standard InChI is InChI=1S/C19H25N3O5S/c1-4-11(2)15(16(23)20-14(18(25)26)9-10-28-3)22-17(24)12-7-5-6-8-13(12)21-19(22)27/h5-8,11,14-15H,4,9-10H2,1-3H3,(H,20,23)(H,21,27)(H,25,26)/p-1/t11-,14-,15-/m0/s1. The Morgan fingerprint density at radius 2 is 1.96 bits per heavy atom. The van der Waals surface area contributed by atoms with E-state index in [0.29, 0.717) is 17.7 Å². The molecule has 1 aromatic carbocycles. The van der Waals surface area contributed by atoms with Crippen molar-refractivity contribution in [3.63, 3.8) is 0 Å². The van der Waals surface area contributed by atoms with E-state index in [4.69, 9.17) is 0 Å². The molecule has 8 nitrogen and oxygen atoms in total. The maximum absolute atomic E-state index is 12.9. The van der Waals surface area contributed by atoms with Crippen LogP contribution in [0.4, 0.5) is 0 Å². The van der Waals surface area contributed by atoms with E-state index in [1.165, 1.54) is 11.8 Å². The number of H-pyrrole nitrogens is 1. The predicted octanol–water partition coefficient (Wildman–Crippen LogP) is 0.265. The fourth-order valence-electron chi connectivity index (χ4n) is 3.02. The van der Waals surface area contributed by atoms with Crippen LogP contribution in [0.5, 0.6) is 0 Å². The second-order valence-corrected chi connectivity index (χ2v) is 7.63. The van der Waals surface area contributed by atoms with E-state index in [0.717, 1.165) is 4.57 Å². The number of hydrogen-bond acceptors (Lipinski definition) is 6. The van der Waals surface area contributed by atoms with Crippen molar-refractivity contribution in [3.8, 4) is 0 Å². The largest absolute Gasteiger partial charge is 0.548 e. The van der Waals surface area contributed by atoms with E-state index in [-0.39, 0.29) is 17.7 Å². The highest BCUT2D eigenvalue weighted by molar-refractivity contribution is 7.98. The first kappa shape index (κ1) is 21.7. The van der Waals surface area contributed by atoms with Crippen LogP contribution in [-0.4, -0.2) is 39.5 Å². The zero-order valence-corrected chi connectivity index (χ0v) is 16.9. The number of aliphatic carboxylic acids is 1. The lowest BCUT2D eigenvalue weighted by atomic mass is 9.97. The number of fused-ring (bicyclic) bond motifs is 1. The third-order valence-electron chi connectivity index (χ3n) is 4.78. The second-order valence-electron chi connectivity index (χ2n) is 6.64. The Morgan fingerprint density at radius 3 is 2.57 bits per heavy atom. The van der Waals surface area contributed by atoms with Gasteiger partial charge in [-0.05, 0) is 36.5 Å². The molecule has 0 unspecified atom stereocenters. The Labute approximate surface area is 166 Å².